The van der Waals surface area contributed by atoms with Crippen molar-refractivity contribution in [2.24, 2.45) is 0 Å². The van der Waals surface area contributed by atoms with Crippen LogP contribution in [0.2, 0.25) is 0 Å². The number of nitrogens with one attached hydrogen (secondary N) is 3. The minimum Gasteiger partial charge on any atom is -0.496 e. The number of methoxy groups -OCH3 is 1. The lowest BCUT2D eigenvalue weighted by Gasteiger charge is -2.24. The van der Waals surface area contributed by atoms with Gasteiger partial charge in [0.05, 0.1) is 45.5 Å². The minimum atomic E-state index is -0.330. The Labute approximate surface area is 171 Å². The lowest BCUT2D eigenvalue weighted by molar-refractivity contribution is -0.890. The zero-order chi connectivity index (χ0) is 20.5. The second-order valence-electron chi connectivity index (χ2n) is 6.50. The number of carbonyl (C=O) groups is 1. The molecule has 0 aliphatic rings. The predicted molar refractivity (Wildman–Crippen MR) is 115 cm³/mol. The summed E-state index contributed by atoms with van der Waals surface area (Å²) in [6, 6.07) is 15.2. The third kappa shape index (κ3) is 5.94. The van der Waals surface area contributed by atoms with Crippen LogP contribution in [0.4, 0.5) is 5.69 Å². The Kier molecular flexibility index (Phi) is 8.22. The first-order valence-electron chi connectivity index (χ1n) is 9.21. The van der Waals surface area contributed by atoms with Crippen LogP contribution >= 0.6 is 12.2 Å². The number of anilines is 1. The van der Waals surface area contributed by atoms with Gasteiger partial charge in [0.2, 0.25) is 0 Å². The van der Waals surface area contributed by atoms with E-state index in [9.17, 15) is 4.79 Å². The molecule has 0 aliphatic heterocycles. The number of likely N-dealkylation sites (N-methyl/N-ethyl adjacent to an activating group) is 1. The van der Waals surface area contributed by atoms with Gasteiger partial charge in [0, 0.05) is 5.69 Å². The molecule has 0 aliphatic carbocycles. The van der Waals surface area contributed by atoms with Crippen molar-refractivity contribution in [3.63, 3.8) is 0 Å². The number of hydrogen-bond acceptors (Lipinski definition) is 4. The van der Waals surface area contributed by atoms with Crippen molar-refractivity contribution < 1.29 is 19.2 Å². The SMILES string of the molecule is CCOC(=O)c1ccc(NC(=S)NC[C@@H](c2ccccc2OC)[NH+](C)C)cc1. The van der Waals surface area contributed by atoms with E-state index >= 15 is 0 Å². The summed E-state index contributed by atoms with van der Waals surface area (Å²) >= 11 is 5.42. The highest BCUT2D eigenvalue weighted by molar-refractivity contribution is 7.80. The van der Waals surface area contributed by atoms with E-state index in [0.29, 0.717) is 23.8 Å². The van der Waals surface area contributed by atoms with E-state index in [0.717, 1.165) is 17.0 Å². The maximum atomic E-state index is 11.7. The first kappa shape index (κ1) is 21.7. The smallest absolute Gasteiger partial charge is 0.338 e. The Balaban J connectivity index is 1.97. The second kappa shape index (κ2) is 10.6. The van der Waals surface area contributed by atoms with Gasteiger partial charge >= 0.3 is 5.97 Å². The van der Waals surface area contributed by atoms with Crippen molar-refractivity contribution in [2.75, 3.05) is 39.7 Å². The van der Waals surface area contributed by atoms with Crippen LogP contribution in [0.1, 0.15) is 28.9 Å². The van der Waals surface area contributed by atoms with Crippen LogP contribution in [0.15, 0.2) is 48.5 Å². The normalized spacial score (nSPS) is 11.6. The lowest BCUT2D eigenvalue weighted by atomic mass is 10.0. The minimum absolute atomic E-state index is 0.169. The van der Waals surface area contributed by atoms with Crippen LogP contribution in [-0.2, 0) is 4.74 Å². The topological polar surface area (TPSA) is 64.0 Å². The number of quaternary nitrogens is 1. The monoisotopic (exact) mass is 402 g/mol. The molecule has 0 spiro atoms. The maximum absolute atomic E-state index is 11.7. The van der Waals surface area contributed by atoms with Crippen LogP contribution in [0.25, 0.3) is 0 Å². The molecule has 0 radical (unpaired) electrons. The number of rotatable bonds is 8. The van der Waals surface area contributed by atoms with Crippen molar-refractivity contribution in [1.82, 2.24) is 5.32 Å². The van der Waals surface area contributed by atoms with Gasteiger partial charge in [0.25, 0.3) is 0 Å². The van der Waals surface area contributed by atoms with Gasteiger partial charge in [-0.15, -0.1) is 0 Å². The third-order valence-corrected chi connectivity index (χ3v) is 4.58. The Morgan fingerprint density at radius 3 is 2.43 bits per heavy atom. The molecule has 2 rings (SSSR count). The molecule has 1 atom stereocenters. The molecular formula is C21H28N3O3S+. The van der Waals surface area contributed by atoms with Crippen LogP contribution < -0.4 is 20.3 Å². The molecule has 0 unspecified atom stereocenters. The van der Waals surface area contributed by atoms with E-state index in [1.807, 2.05) is 18.2 Å². The zero-order valence-corrected chi connectivity index (χ0v) is 17.6. The van der Waals surface area contributed by atoms with Crippen molar-refractivity contribution in [3.8, 4) is 5.75 Å². The first-order chi connectivity index (χ1) is 13.5. The van der Waals surface area contributed by atoms with Crippen LogP contribution in [-0.4, -0.2) is 45.4 Å². The van der Waals surface area contributed by atoms with Crippen molar-refractivity contribution in [2.45, 2.75) is 13.0 Å². The second-order valence-corrected chi connectivity index (χ2v) is 6.91. The van der Waals surface area contributed by atoms with Gasteiger partial charge in [-0.3, -0.25) is 0 Å². The fraction of sp³-hybridized carbons (Fsp3) is 0.333. The molecule has 0 aromatic heterocycles. The molecule has 0 fully saturated rings. The summed E-state index contributed by atoms with van der Waals surface area (Å²) in [7, 11) is 5.88. The quantitative estimate of drug-likeness (QED) is 0.464. The highest BCUT2D eigenvalue weighted by Gasteiger charge is 2.21. The predicted octanol–water partition coefficient (Wildman–Crippen LogP) is 2.04. The molecule has 0 amide bonds. The van der Waals surface area contributed by atoms with Gasteiger partial charge in [-0.2, -0.15) is 0 Å². The summed E-state index contributed by atoms with van der Waals surface area (Å²) < 4.78 is 10.5. The maximum Gasteiger partial charge on any atom is 0.338 e. The molecule has 0 saturated heterocycles. The number of thiocarbonyl (C=S) groups is 1. The average Bonchev–Trinajstić information content (AvgIpc) is 2.69. The molecule has 3 N–H and O–H groups in total. The fourth-order valence-electron chi connectivity index (χ4n) is 2.85. The highest BCUT2D eigenvalue weighted by Crippen LogP contribution is 2.22. The Hall–Kier alpha value is -2.64. The summed E-state index contributed by atoms with van der Waals surface area (Å²) in [6.07, 6.45) is 0. The number of ether oxygens (including phenoxy) is 2. The standard InChI is InChI=1S/C21H27N3O3S/c1-5-27-20(25)15-10-12-16(13-11-15)23-21(28)22-14-18(24(2)3)17-8-6-7-9-19(17)26-4/h6-13,18H,5,14H2,1-4H3,(H2,22,23,28)/p+1/t18-/m0/s1. The summed E-state index contributed by atoms with van der Waals surface area (Å²) in [6.45, 7) is 2.79. The Morgan fingerprint density at radius 1 is 1.14 bits per heavy atom. The van der Waals surface area contributed by atoms with Crippen molar-refractivity contribution in [3.05, 3.63) is 59.7 Å². The Bertz CT molecular complexity index is 794. The average molecular weight is 403 g/mol. The number of carbonyl (C=O) groups excluding carboxylic acids is 1. The molecule has 150 valence electrons. The molecule has 0 bridgehead atoms. The molecule has 0 heterocycles. The van der Waals surface area contributed by atoms with Crippen molar-refractivity contribution >= 4 is 29.0 Å². The van der Waals surface area contributed by atoms with Gasteiger partial charge in [0.1, 0.15) is 11.8 Å². The summed E-state index contributed by atoms with van der Waals surface area (Å²) in [4.78, 5) is 13.0. The van der Waals surface area contributed by atoms with E-state index in [1.54, 1.807) is 38.3 Å². The van der Waals surface area contributed by atoms with E-state index in [2.05, 4.69) is 30.8 Å². The number of esters is 1. The molecule has 6 nitrogen and oxygen atoms in total. The molecule has 2 aromatic carbocycles. The van der Waals surface area contributed by atoms with Crippen LogP contribution in [0.3, 0.4) is 0 Å². The zero-order valence-electron chi connectivity index (χ0n) is 16.7. The summed E-state index contributed by atoms with van der Waals surface area (Å²) in [5.74, 6) is 0.535. The van der Waals surface area contributed by atoms with Gasteiger partial charge in [-0.25, -0.2) is 4.79 Å². The highest BCUT2D eigenvalue weighted by atomic mass is 32.1. The number of hydrogen-bond donors (Lipinski definition) is 3. The summed E-state index contributed by atoms with van der Waals surface area (Å²) in [5.41, 5.74) is 2.44. The Morgan fingerprint density at radius 2 is 1.82 bits per heavy atom. The van der Waals surface area contributed by atoms with Gasteiger partial charge in [-0.05, 0) is 55.5 Å². The van der Waals surface area contributed by atoms with E-state index in [4.69, 9.17) is 21.7 Å². The van der Waals surface area contributed by atoms with Gasteiger partial charge in [-0.1, -0.05) is 12.1 Å². The van der Waals surface area contributed by atoms with Gasteiger partial charge in [0.15, 0.2) is 5.11 Å². The van der Waals surface area contributed by atoms with E-state index in [1.165, 1.54) is 4.90 Å². The number of benzene rings is 2. The molecule has 2 aromatic rings. The lowest BCUT2D eigenvalue weighted by Crippen LogP contribution is -3.07. The number of para-hydroxylation sites is 1. The molecular weight excluding hydrogens is 374 g/mol. The molecule has 7 heteroatoms. The van der Waals surface area contributed by atoms with E-state index in [-0.39, 0.29) is 12.0 Å². The third-order valence-electron chi connectivity index (χ3n) is 4.33. The van der Waals surface area contributed by atoms with Gasteiger partial charge < -0.3 is 25.0 Å². The first-order valence-corrected chi connectivity index (χ1v) is 9.62. The fourth-order valence-corrected chi connectivity index (χ4v) is 3.05. The van der Waals surface area contributed by atoms with Crippen molar-refractivity contribution in [1.29, 1.82) is 0 Å². The molecule has 28 heavy (non-hydrogen) atoms. The van der Waals surface area contributed by atoms with Crippen LogP contribution in [0, 0.1) is 0 Å². The van der Waals surface area contributed by atoms with Crippen LogP contribution in [0.5, 0.6) is 5.75 Å². The largest absolute Gasteiger partial charge is 0.496 e. The summed E-state index contributed by atoms with van der Waals surface area (Å²) in [5, 5.41) is 6.93. The van der Waals surface area contributed by atoms with E-state index < -0.39 is 0 Å². The molecule has 0 saturated carbocycles.